The minimum Gasteiger partial charge on any atom is -0.409 e. The number of likely N-dealkylation sites (N-methyl/N-ethyl adjacent to an activating group) is 1. The van der Waals surface area contributed by atoms with Crippen LogP contribution >= 0.6 is 0 Å². The molecule has 0 radical (unpaired) electrons. The number of benzene rings is 1. The molecule has 0 aromatic heterocycles. The van der Waals surface area contributed by atoms with Crippen molar-refractivity contribution in [3.63, 3.8) is 0 Å². The SMILES string of the molecule is CCN(CCOC)Cc1ccc(/C(N)=N/O)cc1C. The molecule has 0 bridgehead atoms. The van der Waals surface area contributed by atoms with E-state index in [-0.39, 0.29) is 5.84 Å². The van der Waals surface area contributed by atoms with Crippen LogP contribution in [0.4, 0.5) is 0 Å². The number of nitrogens with zero attached hydrogens (tertiary/aromatic N) is 2. The number of ether oxygens (including phenoxy) is 1. The maximum Gasteiger partial charge on any atom is 0.170 e. The fourth-order valence-electron chi connectivity index (χ4n) is 1.90. The van der Waals surface area contributed by atoms with E-state index in [0.29, 0.717) is 0 Å². The van der Waals surface area contributed by atoms with Crippen LogP contribution in [0.15, 0.2) is 23.4 Å². The molecule has 0 aliphatic rings. The molecule has 0 atom stereocenters. The smallest absolute Gasteiger partial charge is 0.170 e. The molecule has 0 fully saturated rings. The molecule has 106 valence electrons. The van der Waals surface area contributed by atoms with Crippen LogP contribution in [0.2, 0.25) is 0 Å². The fourth-order valence-corrected chi connectivity index (χ4v) is 1.90. The van der Waals surface area contributed by atoms with Gasteiger partial charge < -0.3 is 15.7 Å². The summed E-state index contributed by atoms with van der Waals surface area (Å²) in [5.74, 6) is 0.140. The van der Waals surface area contributed by atoms with Crippen LogP contribution in [0.5, 0.6) is 0 Å². The summed E-state index contributed by atoms with van der Waals surface area (Å²) < 4.78 is 5.11. The van der Waals surface area contributed by atoms with Crippen LogP contribution in [-0.4, -0.2) is 42.7 Å². The lowest BCUT2D eigenvalue weighted by molar-refractivity contribution is 0.147. The number of rotatable bonds is 7. The Morgan fingerprint density at radius 2 is 2.21 bits per heavy atom. The van der Waals surface area contributed by atoms with Gasteiger partial charge in [0.15, 0.2) is 5.84 Å². The van der Waals surface area contributed by atoms with Gasteiger partial charge in [0.05, 0.1) is 6.61 Å². The lowest BCUT2D eigenvalue weighted by atomic mass is 10.0. The molecule has 0 amide bonds. The zero-order chi connectivity index (χ0) is 14.3. The first kappa shape index (κ1) is 15.5. The summed E-state index contributed by atoms with van der Waals surface area (Å²) in [6.45, 7) is 7.67. The summed E-state index contributed by atoms with van der Waals surface area (Å²) >= 11 is 0. The van der Waals surface area contributed by atoms with Gasteiger partial charge in [0.2, 0.25) is 0 Å². The van der Waals surface area contributed by atoms with Crippen molar-refractivity contribution >= 4 is 5.84 Å². The summed E-state index contributed by atoms with van der Waals surface area (Å²) in [7, 11) is 1.71. The number of hydrogen-bond acceptors (Lipinski definition) is 4. The van der Waals surface area contributed by atoms with Gasteiger partial charge in [0.25, 0.3) is 0 Å². The average Bonchev–Trinajstić information content (AvgIpc) is 2.44. The monoisotopic (exact) mass is 265 g/mol. The minimum atomic E-state index is 0.140. The Morgan fingerprint density at radius 3 is 2.74 bits per heavy atom. The largest absolute Gasteiger partial charge is 0.409 e. The minimum absolute atomic E-state index is 0.140. The second kappa shape index (κ2) is 7.76. The molecule has 0 aliphatic carbocycles. The Labute approximate surface area is 114 Å². The van der Waals surface area contributed by atoms with Gasteiger partial charge in [-0.1, -0.05) is 24.2 Å². The molecule has 1 aromatic carbocycles. The van der Waals surface area contributed by atoms with Gasteiger partial charge in [-0.2, -0.15) is 0 Å². The number of hydrogen-bond donors (Lipinski definition) is 2. The van der Waals surface area contributed by atoms with E-state index in [1.807, 2.05) is 25.1 Å². The number of aryl methyl sites for hydroxylation is 1. The second-order valence-corrected chi connectivity index (χ2v) is 4.49. The summed E-state index contributed by atoms with van der Waals surface area (Å²) in [5.41, 5.74) is 8.70. The quantitative estimate of drug-likeness (QED) is 0.340. The third-order valence-electron chi connectivity index (χ3n) is 3.20. The van der Waals surface area contributed by atoms with Gasteiger partial charge in [0.1, 0.15) is 0 Å². The zero-order valence-corrected chi connectivity index (χ0v) is 11.9. The molecule has 0 aliphatic heterocycles. The topological polar surface area (TPSA) is 71.1 Å². The van der Waals surface area contributed by atoms with E-state index in [2.05, 4.69) is 17.0 Å². The summed E-state index contributed by atoms with van der Waals surface area (Å²) in [6, 6.07) is 5.84. The van der Waals surface area contributed by atoms with E-state index < -0.39 is 0 Å². The van der Waals surface area contributed by atoms with Crippen molar-refractivity contribution in [1.82, 2.24) is 4.90 Å². The van der Waals surface area contributed by atoms with Crippen LogP contribution in [0.25, 0.3) is 0 Å². The van der Waals surface area contributed by atoms with Crippen molar-refractivity contribution in [3.05, 3.63) is 34.9 Å². The molecule has 1 aromatic rings. The normalized spacial score (nSPS) is 12.1. The first-order chi connectivity index (χ1) is 9.12. The fraction of sp³-hybridized carbons (Fsp3) is 0.500. The van der Waals surface area contributed by atoms with E-state index in [0.717, 1.165) is 37.4 Å². The van der Waals surface area contributed by atoms with Gasteiger partial charge >= 0.3 is 0 Å². The zero-order valence-electron chi connectivity index (χ0n) is 11.9. The highest BCUT2D eigenvalue weighted by atomic mass is 16.5. The van der Waals surface area contributed by atoms with Crippen molar-refractivity contribution in [3.8, 4) is 0 Å². The Kier molecular flexibility index (Phi) is 6.32. The maximum absolute atomic E-state index is 8.67. The molecule has 5 heteroatoms. The van der Waals surface area contributed by atoms with Crippen molar-refractivity contribution in [2.75, 3.05) is 26.8 Å². The van der Waals surface area contributed by atoms with E-state index in [1.165, 1.54) is 5.56 Å². The molecular formula is C14H23N3O2. The Balaban J connectivity index is 2.78. The van der Waals surface area contributed by atoms with Crippen LogP contribution in [0.1, 0.15) is 23.6 Å². The molecule has 19 heavy (non-hydrogen) atoms. The van der Waals surface area contributed by atoms with Gasteiger partial charge in [-0.15, -0.1) is 0 Å². The highest BCUT2D eigenvalue weighted by Crippen LogP contribution is 2.13. The maximum atomic E-state index is 8.67. The lowest BCUT2D eigenvalue weighted by Gasteiger charge is -2.21. The number of nitrogens with two attached hydrogens (primary N) is 1. The Morgan fingerprint density at radius 1 is 1.47 bits per heavy atom. The van der Waals surface area contributed by atoms with E-state index in [4.69, 9.17) is 15.7 Å². The van der Waals surface area contributed by atoms with Crippen molar-refractivity contribution in [2.24, 2.45) is 10.9 Å². The highest BCUT2D eigenvalue weighted by Gasteiger charge is 2.07. The van der Waals surface area contributed by atoms with E-state index >= 15 is 0 Å². The number of oxime groups is 1. The molecule has 0 saturated heterocycles. The van der Waals surface area contributed by atoms with Crippen LogP contribution in [0.3, 0.4) is 0 Å². The predicted octanol–water partition coefficient (Wildman–Crippen LogP) is 1.56. The van der Waals surface area contributed by atoms with E-state index in [1.54, 1.807) is 7.11 Å². The van der Waals surface area contributed by atoms with Crippen molar-refractivity contribution in [2.45, 2.75) is 20.4 Å². The Bertz CT molecular complexity index is 433. The summed E-state index contributed by atoms with van der Waals surface area (Å²) in [6.07, 6.45) is 0. The van der Waals surface area contributed by atoms with Crippen molar-refractivity contribution < 1.29 is 9.94 Å². The molecule has 1 rings (SSSR count). The third kappa shape index (κ3) is 4.54. The first-order valence-corrected chi connectivity index (χ1v) is 6.41. The van der Waals surface area contributed by atoms with Gasteiger partial charge in [-0.25, -0.2) is 0 Å². The molecule has 5 nitrogen and oxygen atoms in total. The lowest BCUT2D eigenvalue weighted by Crippen LogP contribution is -2.27. The van der Waals surface area contributed by atoms with Gasteiger partial charge in [0, 0.05) is 25.8 Å². The van der Waals surface area contributed by atoms with Crippen molar-refractivity contribution in [1.29, 1.82) is 0 Å². The summed E-state index contributed by atoms with van der Waals surface area (Å²) in [5, 5.41) is 11.7. The first-order valence-electron chi connectivity index (χ1n) is 6.41. The number of amidine groups is 1. The number of methoxy groups -OCH3 is 1. The Hall–Kier alpha value is -1.59. The summed E-state index contributed by atoms with van der Waals surface area (Å²) in [4.78, 5) is 2.31. The van der Waals surface area contributed by atoms with Crippen LogP contribution < -0.4 is 5.73 Å². The van der Waals surface area contributed by atoms with Crippen LogP contribution in [0, 0.1) is 6.92 Å². The third-order valence-corrected chi connectivity index (χ3v) is 3.20. The standard InChI is InChI=1S/C14H23N3O2/c1-4-17(7-8-19-3)10-13-6-5-12(9-11(13)2)14(15)16-18/h5-6,9,18H,4,7-8,10H2,1-3H3,(H2,15,16). The molecule has 0 spiro atoms. The molecule has 0 unspecified atom stereocenters. The second-order valence-electron chi connectivity index (χ2n) is 4.49. The molecule has 3 N–H and O–H groups in total. The predicted molar refractivity (Wildman–Crippen MR) is 76.5 cm³/mol. The average molecular weight is 265 g/mol. The van der Waals surface area contributed by atoms with E-state index in [9.17, 15) is 0 Å². The molecule has 0 heterocycles. The molecule has 0 saturated carbocycles. The molecular weight excluding hydrogens is 242 g/mol. The highest BCUT2D eigenvalue weighted by molar-refractivity contribution is 5.97. The van der Waals surface area contributed by atoms with Gasteiger partial charge in [-0.3, -0.25) is 4.90 Å². The van der Waals surface area contributed by atoms with Gasteiger partial charge in [-0.05, 0) is 30.7 Å². The van der Waals surface area contributed by atoms with Crippen LogP contribution in [-0.2, 0) is 11.3 Å².